The van der Waals surface area contributed by atoms with E-state index in [-0.39, 0.29) is 23.8 Å². The van der Waals surface area contributed by atoms with E-state index >= 15 is 0 Å². The van der Waals surface area contributed by atoms with E-state index in [4.69, 9.17) is 14.8 Å². The summed E-state index contributed by atoms with van der Waals surface area (Å²) in [5, 5.41) is 11.1. The van der Waals surface area contributed by atoms with Crippen LogP contribution >= 0.6 is 0 Å². The molecule has 0 saturated carbocycles. The van der Waals surface area contributed by atoms with Crippen LogP contribution in [0, 0.1) is 17.2 Å². The van der Waals surface area contributed by atoms with Crippen molar-refractivity contribution in [2.75, 3.05) is 0 Å². The first kappa shape index (κ1) is 13.8. The standard InChI is InChI=1S/C20H16N2O2/c21-13-14-6-8-16(9-7-14)20-12-18(15-4-2-1-3-5-15)24-22(20)19-17(20)10-11-23-19/h1-11,17-19H,12H2/t17-,18-,19+,20-/m1/s1. The monoisotopic (exact) mass is 316 g/mol. The maximum absolute atomic E-state index is 9.05. The van der Waals surface area contributed by atoms with Crippen molar-refractivity contribution in [1.29, 1.82) is 5.26 Å². The van der Waals surface area contributed by atoms with Gasteiger partial charge in [-0.05, 0) is 29.3 Å². The molecule has 4 nitrogen and oxygen atoms in total. The number of hydrogen-bond acceptors (Lipinski definition) is 4. The van der Waals surface area contributed by atoms with Gasteiger partial charge in [-0.1, -0.05) is 42.5 Å². The third kappa shape index (κ3) is 1.68. The number of benzene rings is 2. The predicted octanol–water partition coefficient (Wildman–Crippen LogP) is 3.63. The summed E-state index contributed by atoms with van der Waals surface area (Å²) in [6, 6.07) is 20.4. The molecule has 0 radical (unpaired) electrons. The molecule has 118 valence electrons. The van der Waals surface area contributed by atoms with Crippen molar-refractivity contribution in [3.05, 3.63) is 83.6 Å². The van der Waals surface area contributed by atoms with Gasteiger partial charge in [-0.15, -0.1) is 5.06 Å². The molecule has 3 aliphatic rings. The summed E-state index contributed by atoms with van der Waals surface area (Å²) >= 11 is 0. The van der Waals surface area contributed by atoms with Gasteiger partial charge in [-0.3, -0.25) is 4.84 Å². The number of nitriles is 1. The van der Waals surface area contributed by atoms with Crippen LogP contribution in [0.15, 0.2) is 66.9 Å². The molecule has 2 saturated heterocycles. The zero-order chi connectivity index (χ0) is 16.1. The average molecular weight is 316 g/mol. The molecule has 0 spiro atoms. The topological polar surface area (TPSA) is 45.5 Å². The van der Waals surface area contributed by atoms with E-state index in [1.807, 2.05) is 47.5 Å². The van der Waals surface area contributed by atoms with Crippen LogP contribution in [-0.4, -0.2) is 11.3 Å². The van der Waals surface area contributed by atoms with E-state index < -0.39 is 0 Å². The third-order valence-corrected chi connectivity index (χ3v) is 5.41. The van der Waals surface area contributed by atoms with Gasteiger partial charge in [0.2, 0.25) is 0 Å². The number of ether oxygens (including phenoxy) is 1. The van der Waals surface area contributed by atoms with Crippen molar-refractivity contribution in [3.63, 3.8) is 0 Å². The van der Waals surface area contributed by atoms with Crippen molar-refractivity contribution in [3.8, 4) is 6.07 Å². The molecular formula is C20H16N2O2. The SMILES string of the molecule is N#Cc1ccc([C@@]23C[C@H](c4ccccc4)ON2[C@H]2OC=C[C@H]23)cc1. The third-order valence-electron chi connectivity index (χ3n) is 5.41. The lowest BCUT2D eigenvalue weighted by Crippen LogP contribution is -2.65. The highest BCUT2D eigenvalue weighted by molar-refractivity contribution is 5.40. The number of hydrogen-bond donors (Lipinski definition) is 0. The molecule has 2 fully saturated rings. The Hall–Kier alpha value is -2.61. The Kier molecular flexibility index (Phi) is 2.84. The predicted molar refractivity (Wildman–Crippen MR) is 87.1 cm³/mol. The van der Waals surface area contributed by atoms with Crippen LogP contribution < -0.4 is 0 Å². The molecule has 0 bridgehead atoms. The van der Waals surface area contributed by atoms with E-state index in [0.717, 1.165) is 6.42 Å². The fourth-order valence-corrected chi connectivity index (χ4v) is 4.23. The summed E-state index contributed by atoms with van der Waals surface area (Å²) in [4.78, 5) is 6.28. The summed E-state index contributed by atoms with van der Waals surface area (Å²) in [7, 11) is 0. The number of rotatable bonds is 2. The molecule has 2 aromatic carbocycles. The van der Waals surface area contributed by atoms with Gasteiger partial charge in [0.1, 0.15) is 6.10 Å². The summed E-state index contributed by atoms with van der Waals surface area (Å²) in [6.45, 7) is 0. The van der Waals surface area contributed by atoms with Crippen molar-refractivity contribution in [2.45, 2.75) is 24.3 Å². The Morgan fingerprint density at radius 1 is 1.08 bits per heavy atom. The minimum absolute atomic E-state index is 0.0180. The zero-order valence-corrected chi connectivity index (χ0v) is 13.0. The molecular weight excluding hydrogens is 300 g/mol. The Bertz CT molecular complexity index is 840. The van der Waals surface area contributed by atoms with Crippen molar-refractivity contribution in [2.24, 2.45) is 5.92 Å². The molecule has 5 rings (SSSR count). The molecule has 2 aromatic rings. The molecule has 24 heavy (non-hydrogen) atoms. The number of fused-ring (bicyclic) bond motifs is 4. The van der Waals surface area contributed by atoms with Crippen LogP contribution in [-0.2, 0) is 15.1 Å². The van der Waals surface area contributed by atoms with Crippen molar-refractivity contribution >= 4 is 0 Å². The summed E-state index contributed by atoms with van der Waals surface area (Å²) in [5.74, 6) is 0.277. The molecule has 3 aliphatic heterocycles. The van der Waals surface area contributed by atoms with Crippen molar-refractivity contribution < 1.29 is 9.57 Å². The summed E-state index contributed by atoms with van der Waals surface area (Å²) in [6.07, 6.45) is 4.76. The van der Waals surface area contributed by atoms with Gasteiger partial charge in [0.25, 0.3) is 0 Å². The molecule has 0 amide bonds. The normalized spacial score (nSPS) is 33.2. The lowest BCUT2D eigenvalue weighted by atomic mass is 9.67. The highest BCUT2D eigenvalue weighted by Crippen LogP contribution is 2.62. The maximum atomic E-state index is 9.05. The van der Waals surface area contributed by atoms with E-state index in [9.17, 15) is 0 Å². The lowest BCUT2D eigenvalue weighted by Gasteiger charge is -2.54. The molecule has 0 aliphatic carbocycles. The van der Waals surface area contributed by atoms with E-state index in [1.54, 1.807) is 6.26 Å². The molecule has 0 N–H and O–H groups in total. The van der Waals surface area contributed by atoms with E-state index in [0.29, 0.717) is 5.56 Å². The fraction of sp³-hybridized carbons (Fsp3) is 0.250. The van der Waals surface area contributed by atoms with Gasteiger partial charge in [-0.2, -0.15) is 5.26 Å². The Morgan fingerprint density at radius 3 is 2.62 bits per heavy atom. The molecule has 3 heterocycles. The first-order valence-corrected chi connectivity index (χ1v) is 8.17. The largest absolute Gasteiger partial charge is 0.480 e. The zero-order valence-electron chi connectivity index (χ0n) is 13.0. The highest BCUT2D eigenvalue weighted by atomic mass is 16.7. The van der Waals surface area contributed by atoms with Gasteiger partial charge in [-0.25, -0.2) is 0 Å². The Morgan fingerprint density at radius 2 is 1.88 bits per heavy atom. The smallest absolute Gasteiger partial charge is 0.183 e. The van der Waals surface area contributed by atoms with E-state index in [2.05, 4.69) is 24.3 Å². The van der Waals surface area contributed by atoms with Crippen LogP contribution in [0.5, 0.6) is 0 Å². The molecule has 4 atom stereocenters. The fourth-order valence-electron chi connectivity index (χ4n) is 4.23. The minimum atomic E-state index is -0.216. The maximum Gasteiger partial charge on any atom is 0.183 e. The van der Waals surface area contributed by atoms with Crippen molar-refractivity contribution in [1.82, 2.24) is 5.06 Å². The van der Waals surface area contributed by atoms with Crippen LogP contribution in [0.4, 0.5) is 0 Å². The van der Waals surface area contributed by atoms with Gasteiger partial charge in [0.15, 0.2) is 6.23 Å². The van der Waals surface area contributed by atoms with Gasteiger partial charge >= 0.3 is 0 Å². The quantitative estimate of drug-likeness (QED) is 0.849. The second-order valence-electron chi connectivity index (χ2n) is 6.53. The molecule has 0 aromatic heterocycles. The Balaban J connectivity index is 1.56. The van der Waals surface area contributed by atoms with Crippen LogP contribution in [0.1, 0.15) is 29.2 Å². The van der Waals surface area contributed by atoms with Crippen LogP contribution in [0.3, 0.4) is 0 Å². The second-order valence-corrected chi connectivity index (χ2v) is 6.53. The first-order chi connectivity index (χ1) is 11.8. The number of nitrogens with zero attached hydrogens (tertiary/aromatic N) is 2. The highest BCUT2D eigenvalue weighted by Gasteiger charge is 2.68. The molecule has 0 unspecified atom stereocenters. The van der Waals surface area contributed by atoms with Gasteiger partial charge in [0, 0.05) is 6.42 Å². The van der Waals surface area contributed by atoms with Crippen LogP contribution in [0.25, 0.3) is 0 Å². The summed E-state index contributed by atoms with van der Waals surface area (Å²) in [5.41, 5.74) is 2.82. The second kappa shape index (κ2) is 4.94. The molecule has 4 heteroatoms. The van der Waals surface area contributed by atoms with Gasteiger partial charge < -0.3 is 4.74 Å². The summed E-state index contributed by atoms with van der Waals surface area (Å²) < 4.78 is 5.71. The van der Waals surface area contributed by atoms with Gasteiger partial charge in [0.05, 0.1) is 29.4 Å². The minimum Gasteiger partial charge on any atom is -0.480 e. The van der Waals surface area contributed by atoms with Crippen LogP contribution in [0.2, 0.25) is 0 Å². The van der Waals surface area contributed by atoms with E-state index in [1.165, 1.54) is 11.1 Å². The first-order valence-electron chi connectivity index (χ1n) is 8.17. The number of hydroxylamine groups is 2. The lowest BCUT2D eigenvalue weighted by molar-refractivity contribution is -0.345. The average Bonchev–Trinajstić information content (AvgIpc) is 3.22. The Labute approximate surface area is 140 Å².